The number of rotatable bonds is 7. The number of halogens is 1. The van der Waals surface area contributed by atoms with E-state index in [1.807, 2.05) is 0 Å². The summed E-state index contributed by atoms with van der Waals surface area (Å²) in [6, 6.07) is 3.04. The second-order valence-electron chi connectivity index (χ2n) is 6.48. The highest BCUT2D eigenvalue weighted by atomic mass is 35.5. The van der Waals surface area contributed by atoms with E-state index >= 15 is 0 Å². The maximum atomic E-state index is 12.7. The number of carbonyl (C=O) groups is 2. The molecule has 1 aromatic rings. The van der Waals surface area contributed by atoms with Crippen molar-refractivity contribution in [3.63, 3.8) is 0 Å². The first kappa shape index (κ1) is 20.9. The van der Waals surface area contributed by atoms with Crippen molar-refractivity contribution in [2.24, 2.45) is 0 Å². The summed E-state index contributed by atoms with van der Waals surface area (Å²) < 4.78 is 27.8. The van der Waals surface area contributed by atoms with E-state index in [1.54, 1.807) is 6.07 Å². The van der Waals surface area contributed by atoms with Crippen molar-refractivity contribution in [1.29, 1.82) is 0 Å². The molecule has 1 amide bonds. The number of benzene rings is 1. The first-order valence-corrected chi connectivity index (χ1v) is 10.7. The van der Waals surface area contributed by atoms with Gasteiger partial charge in [-0.2, -0.15) is 0 Å². The SMILES string of the molecule is CNC(=O)CCC(=O)c1ccc(Cl)c(C2CCCCC2)c1S(=O)(=O)NC. The van der Waals surface area contributed by atoms with Gasteiger partial charge in [-0.3, -0.25) is 9.59 Å². The van der Waals surface area contributed by atoms with Crippen LogP contribution in [-0.2, 0) is 14.8 Å². The predicted molar refractivity (Wildman–Crippen MR) is 101 cm³/mol. The van der Waals surface area contributed by atoms with E-state index in [0.717, 1.165) is 32.1 Å². The fraction of sp³-hybridized carbons (Fsp3) is 0.556. The average molecular weight is 401 g/mol. The minimum atomic E-state index is -3.88. The van der Waals surface area contributed by atoms with Crippen molar-refractivity contribution < 1.29 is 18.0 Å². The molecule has 6 nitrogen and oxygen atoms in total. The van der Waals surface area contributed by atoms with Crippen LogP contribution in [0.5, 0.6) is 0 Å². The van der Waals surface area contributed by atoms with Crippen LogP contribution in [0.2, 0.25) is 5.02 Å². The molecule has 0 atom stereocenters. The molecule has 1 saturated carbocycles. The molecule has 2 N–H and O–H groups in total. The van der Waals surface area contributed by atoms with Crippen LogP contribution in [-0.4, -0.2) is 34.2 Å². The predicted octanol–water partition coefficient (Wildman–Crippen LogP) is 3.00. The number of Topliss-reactive ketones (excluding diaryl/α,β-unsaturated/α-hetero) is 1. The third-order valence-electron chi connectivity index (χ3n) is 4.85. The number of carbonyl (C=O) groups excluding carboxylic acids is 2. The van der Waals surface area contributed by atoms with E-state index in [-0.39, 0.29) is 40.9 Å². The Bertz CT molecular complexity index is 787. The lowest BCUT2D eigenvalue weighted by molar-refractivity contribution is -0.120. The molecule has 1 aliphatic carbocycles. The van der Waals surface area contributed by atoms with Crippen molar-refractivity contribution in [3.8, 4) is 0 Å². The number of ketones is 1. The number of amides is 1. The van der Waals surface area contributed by atoms with Crippen LogP contribution >= 0.6 is 11.6 Å². The topological polar surface area (TPSA) is 92.3 Å². The Kier molecular flexibility index (Phi) is 7.20. The van der Waals surface area contributed by atoms with Crippen LogP contribution < -0.4 is 10.0 Å². The summed E-state index contributed by atoms with van der Waals surface area (Å²) in [6.45, 7) is 0. The van der Waals surface area contributed by atoms with E-state index in [4.69, 9.17) is 11.6 Å². The lowest BCUT2D eigenvalue weighted by Crippen LogP contribution is -2.25. The molecule has 1 aromatic carbocycles. The maximum Gasteiger partial charge on any atom is 0.241 e. The molecule has 8 heteroatoms. The fourth-order valence-electron chi connectivity index (χ4n) is 3.45. The van der Waals surface area contributed by atoms with E-state index in [0.29, 0.717) is 10.6 Å². The summed E-state index contributed by atoms with van der Waals surface area (Å²) in [5, 5.41) is 2.83. The van der Waals surface area contributed by atoms with Crippen molar-refractivity contribution >= 4 is 33.3 Å². The first-order valence-electron chi connectivity index (χ1n) is 8.81. The van der Waals surface area contributed by atoms with Gasteiger partial charge in [0.05, 0.1) is 4.90 Å². The Morgan fingerprint density at radius 1 is 1.12 bits per heavy atom. The molecule has 144 valence electrons. The Labute approximate surface area is 159 Å². The first-order chi connectivity index (χ1) is 12.3. The van der Waals surface area contributed by atoms with Crippen LogP contribution in [0.1, 0.15) is 66.8 Å². The normalized spacial score (nSPS) is 15.7. The van der Waals surface area contributed by atoms with Gasteiger partial charge in [0.15, 0.2) is 5.78 Å². The molecule has 0 aliphatic heterocycles. The lowest BCUT2D eigenvalue weighted by Gasteiger charge is -2.26. The molecule has 26 heavy (non-hydrogen) atoms. The van der Waals surface area contributed by atoms with Gasteiger partial charge in [-0.05, 0) is 43.5 Å². The summed E-state index contributed by atoms with van der Waals surface area (Å²) in [5.74, 6) is -0.630. The lowest BCUT2D eigenvalue weighted by atomic mass is 9.83. The summed E-state index contributed by atoms with van der Waals surface area (Å²) >= 11 is 6.38. The molecule has 2 rings (SSSR count). The molecule has 0 radical (unpaired) electrons. The minimum absolute atomic E-state index is 0.00969. The average Bonchev–Trinajstić information content (AvgIpc) is 2.66. The molecular weight excluding hydrogens is 376 g/mol. The van der Waals surface area contributed by atoms with Gasteiger partial charge in [0.1, 0.15) is 0 Å². The van der Waals surface area contributed by atoms with E-state index < -0.39 is 10.0 Å². The summed E-state index contributed by atoms with van der Waals surface area (Å²) in [5.41, 5.74) is 0.639. The number of sulfonamides is 1. The van der Waals surface area contributed by atoms with Crippen LogP contribution in [0.3, 0.4) is 0 Å². The van der Waals surface area contributed by atoms with Gasteiger partial charge < -0.3 is 5.32 Å². The smallest absolute Gasteiger partial charge is 0.241 e. The highest BCUT2D eigenvalue weighted by molar-refractivity contribution is 7.89. The van der Waals surface area contributed by atoms with E-state index in [2.05, 4.69) is 10.0 Å². The largest absolute Gasteiger partial charge is 0.359 e. The van der Waals surface area contributed by atoms with Gasteiger partial charge in [-0.25, -0.2) is 13.1 Å². The molecule has 0 saturated heterocycles. The van der Waals surface area contributed by atoms with Crippen molar-refractivity contribution in [2.75, 3.05) is 14.1 Å². The summed E-state index contributed by atoms with van der Waals surface area (Å²) in [7, 11) is -1.06. The maximum absolute atomic E-state index is 12.7. The molecule has 0 heterocycles. The van der Waals surface area contributed by atoms with Crippen molar-refractivity contribution in [3.05, 3.63) is 28.3 Å². The second-order valence-corrected chi connectivity index (χ2v) is 8.71. The summed E-state index contributed by atoms with van der Waals surface area (Å²) in [4.78, 5) is 24.1. The van der Waals surface area contributed by atoms with Gasteiger partial charge in [0, 0.05) is 30.5 Å². The standard InChI is InChI=1S/C18H25ClN2O4S/c1-20-16(23)11-10-15(22)13-8-9-14(19)17(12-6-4-3-5-7-12)18(13)26(24,25)21-2/h8-9,12,21H,3-7,10-11H2,1-2H3,(H,20,23). The Balaban J connectivity index is 2.54. The fourth-order valence-corrected chi connectivity index (χ4v) is 5.05. The monoisotopic (exact) mass is 400 g/mol. The van der Waals surface area contributed by atoms with Crippen molar-refractivity contribution in [2.45, 2.75) is 55.8 Å². The van der Waals surface area contributed by atoms with Crippen LogP contribution in [0.4, 0.5) is 0 Å². The van der Waals surface area contributed by atoms with Crippen molar-refractivity contribution in [1.82, 2.24) is 10.0 Å². The van der Waals surface area contributed by atoms with Gasteiger partial charge >= 0.3 is 0 Å². The number of hydrogen-bond donors (Lipinski definition) is 2. The van der Waals surface area contributed by atoms with Crippen LogP contribution in [0, 0.1) is 0 Å². The third-order valence-corrected chi connectivity index (χ3v) is 6.70. The molecule has 0 aromatic heterocycles. The zero-order valence-corrected chi connectivity index (χ0v) is 16.7. The zero-order valence-electron chi connectivity index (χ0n) is 15.1. The molecule has 0 bridgehead atoms. The van der Waals surface area contributed by atoms with Crippen LogP contribution in [0.15, 0.2) is 17.0 Å². The Morgan fingerprint density at radius 2 is 1.77 bits per heavy atom. The molecule has 0 spiro atoms. The number of hydrogen-bond acceptors (Lipinski definition) is 4. The van der Waals surface area contributed by atoms with Gasteiger partial charge in [0.2, 0.25) is 15.9 Å². The van der Waals surface area contributed by atoms with E-state index in [9.17, 15) is 18.0 Å². The van der Waals surface area contributed by atoms with Crippen LogP contribution in [0.25, 0.3) is 0 Å². The van der Waals surface area contributed by atoms with Gasteiger partial charge in [-0.15, -0.1) is 0 Å². The highest BCUT2D eigenvalue weighted by Gasteiger charge is 2.31. The Hall–Kier alpha value is -1.44. The van der Waals surface area contributed by atoms with E-state index in [1.165, 1.54) is 20.2 Å². The Morgan fingerprint density at radius 3 is 2.35 bits per heavy atom. The molecule has 1 fully saturated rings. The molecular formula is C18H25ClN2O4S. The number of nitrogens with one attached hydrogen (secondary N) is 2. The quantitative estimate of drug-likeness (QED) is 0.688. The minimum Gasteiger partial charge on any atom is -0.359 e. The highest BCUT2D eigenvalue weighted by Crippen LogP contribution is 2.41. The second kappa shape index (κ2) is 8.97. The molecule has 1 aliphatic rings. The zero-order chi connectivity index (χ0) is 19.3. The third kappa shape index (κ3) is 4.64. The summed E-state index contributed by atoms with van der Waals surface area (Å²) in [6.07, 6.45) is 4.79. The molecule has 0 unspecified atom stereocenters. The van der Waals surface area contributed by atoms with Gasteiger partial charge in [0.25, 0.3) is 0 Å². The van der Waals surface area contributed by atoms with Gasteiger partial charge in [-0.1, -0.05) is 30.9 Å².